The van der Waals surface area contributed by atoms with Crippen molar-refractivity contribution >= 4 is 22.5 Å². The number of aromatic nitrogens is 2. The van der Waals surface area contributed by atoms with Gasteiger partial charge in [0.15, 0.2) is 0 Å². The molecule has 0 spiro atoms. The summed E-state index contributed by atoms with van der Waals surface area (Å²) >= 11 is 1.29. The van der Waals surface area contributed by atoms with Crippen LogP contribution in [0.5, 0.6) is 5.75 Å². The molecule has 1 heterocycles. The number of urea groups is 1. The van der Waals surface area contributed by atoms with E-state index in [4.69, 9.17) is 0 Å². The molecule has 9 heteroatoms. The maximum Gasteiger partial charge on any atom is 0.387 e. The summed E-state index contributed by atoms with van der Waals surface area (Å²) in [6.45, 7) is -1.04. The highest BCUT2D eigenvalue weighted by Gasteiger charge is 2.23. The maximum absolute atomic E-state index is 12.3. The Morgan fingerprint density at radius 3 is 2.96 bits per heavy atom. The fraction of sp³-hybridized carbons (Fsp3) is 0.400. The van der Waals surface area contributed by atoms with E-state index in [9.17, 15) is 13.6 Å². The maximum atomic E-state index is 12.3. The van der Waals surface area contributed by atoms with Gasteiger partial charge in [-0.25, -0.2) is 4.79 Å². The summed E-state index contributed by atoms with van der Waals surface area (Å²) in [5.74, 6) is 0.137. The van der Waals surface area contributed by atoms with Gasteiger partial charge in [0.25, 0.3) is 0 Å². The second kappa shape index (κ2) is 7.08. The molecule has 1 aliphatic carbocycles. The topological polar surface area (TPSA) is 76.1 Å². The molecule has 1 aliphatic rings. The van der Waals surface area contributed by atoms with E-state index in [-0.39, 0.29) is 17.8 Å². The highest BCUT2D eigenvalue weighted by atomic mass is 32.1. The quantitative estimate of drug-likeness (QED) is 0.879. The minimum atomic E-state index is -2.85. The first-order valence-electron chi connectivity index (χ1n) is 7.46. The molecule has 3 rings (SSSR count). The Hall–Kier alpha value is -2.29. The van der Waals surface area contributed by atoms with Gasteiger partial charge in [-0.3, -0.25) is 5.32 Å². The molecule has 1 aromatic carbocycles. The Labute approximate surface area is 141 Å². The number of hydrogen-bond donors (Lipinski definition) is 2. The first-order valence-corrected chi connectivity index (χ1v) is 8.28. The van der Waals surface area contributed by atoms with Gasteiger partial charge in [-0.1, -0.05) is 17.4 Å². The molecule has 0 saturated carbocycles. The molecule has 0 bridgehead atoms. The van der Waals surface area contributed by atoms with Crippen LogP contribution in [0.3, 0.4) is 0 Å². The third-order valence-electron chi connectivity index (χ3n) is 3.71. The lowest BCUT2D eigenvalue weighted by Crippen LogP contribution is -2.34. The fourth-order valence-electron chi connectivity index (χ4n) is 2.76. The summed E-state index contributed by atoms with van der Waals surface area (Å²) < 4.78 is 29.1. The van der Waals surface area contributed by atoms with Crippen molar-refractivity contribution in [1.82, 2.24) is 15.5 Å². The van der Waals surface area contributed by atoms with Crippen LogP contribution in [-0.2, 0) is 6.42 Å². The Balaban J connectivity index is 1.68. The number of benzene rings is 1. The minimum Gasteiger partial charge on any atom is -0.435 e. The minimum absolute atomic E-state index is 0.137. The number of hydrogen-bond acceptors (Lipinski definition) is 5. The highest BCUT2D eigenvalue weighted by molar-refractivity contribution is 7.15. The van der Waals surface area contributed by atoms with Crippen molar-refractivity contribution in [2.45, 2.75) is 38.8 Å². The van der Waals surface area contributed by atoms with E-state index in [1.165, 1.54) is 17.4 Å². The van der Waals surface area contributed by atoms with Crippen LogP contribution >= 0.6 is 11.3 Å². The molecule has 0 aliphatic heterocycles. The normalized spacial score (nSPS) is 16.6. The van der Waals surface area contributed by atoms with Gasteiger partial charge in [0.05, 0.1) is 6.04 Å². The van der Waals surface area contributed by atoms with Gasteiger partial charge in [-0.2, -0.15) is 8.78 Å². The van der Waals surface area contributed by atoms with Crippen molar-refractivity contribution < 1.29 is 18.3 Å². The number of rotatable bonds is 4. The summed E-state index contributed by atoms with van der Waals surface area (Å²) in [4.78, 5) is 12.1. The van der Waals surface area contributed by atoms with Gasteiger partial charge in [0, 0.05) is 0 Å². The Morgan fingerprint density at radius 1 is 1.42 bits per heavy atom. The second-order valence-electron chi connectivity index (χ2n) is 5.41. The molecule has 2 amide bonds. The van der Waals surface area contributed by atoms with E-state index in [1.807, 2.05) is 0 Å². The summed E-state index contributed by atoms with van der Waals surface area (Å²) in [5, 5.41) is 14.4. The lowest BCUT2D eigenvalue weighted by atomic mass is 9.87. The number of carbonyl (C=O) groups excluding carboxylic acids is 1. The van der Waals surface area contributed by atoms with Crippen LogP contribution in [0.15, 0.2) is 18.2 Å². The number of halogens is 2. The second-order valence-corrected chi connectivity index (χ2v) is 6.59. The van der Waals surface area contributed by atoms with Crippen molar-refractivity contribution in [2.75, 3.05) is 5.32 Å². The molecule has 1 unspecified atom stereocenters. The lowest BCUT2D eigenvalue weighted by molar-refractivity contribution is -0.0499. The molecule has 2 aromatic rings. The number of nitrogens with zero attached hydrogens (tertiary/aromatic N) is 2. The number of amides is 2. The molecule has 0 saturated heterocycles. The van der Waals surface area contributed by atoms with E-state index < -0.39 is 6.61 Å². The Morgan fingerprint density at radius 2 is 2.25 bits per heavy atom. The standard InChI is InChI=1S/C15H16F2N4O2S/c1-8-20-21-15(24-8)19-14(22)18-12-4-2-3-9-7-10(23-13(16)17)5-6-11(9)12/h5-7,12-13H,2-4H2,1H3,(H2,18,19,21,22). The number of anilines is 1. The first-order chi connectivity index (χ1) is 11.5. The molecule has 1 aromatic heterocycles. The molecule has 6 nitrogen and oxygen atoms in total. The van der Waals surface area contributed by atoms with Crippen molar-refractivity contribution in [1.29, 1.82) is 0 Å². The predicted octanol–water partition coefficient (Wildman–Crippen LogP) is 3.65. The number of alkyl halides is 2. The van der Waals surface area contributed by atoms with Crippen molar-refractivity contribution in [3.8, 4) is 5.75 Å². The smallest absolute Gasteiger partial charge is 0.387 e. The number of carbonyl (C=O) groups is 1. The van der Waals surface area contributed by atoms with Crippen LogP contribution in [0.1, 0.15) is 35.0 Å². The summed E-state index contributed by atoms with van der Waals surface area (Å²) in [5.41, 5.74) is 1.84. The zero-order valence-corrected chi connectivity index (χ0v) is 13.7. The number of fused-ring (bicyclic) bond motifs is 1. The molecular formula is C15H16F2N4O2S. The third-order valence-corrected chi connectivity index (χ3v) is 4.46. The van der Waals surface area contributed by atoms with Crippen LogP contribution in [0.25, 0.3) is 0 Å². The summed E-state index contributed by atoms with van der Waals surface area (Å²) in [7, 11) is 0. The van der Waals surface area contributed by atoms with Crippen LogP contribution in [0.4, 0.5) is 18.7 Å². The molecule has 24 heavy (non-hydrogen) atoms. The Bertz CT molecular complexity index is 738. The van der Waals surface area contributed by atoms with Gasteiger partial charge in [-0.15, -0.1) is 10.2 Å². The van der Waals surface area contributed by atoms with Gasteiger partial charge in [-0.05, 0) is 49.4 Å². The van der Waals surface area contributed by atoms with Gasteiger partial charge < -0.3 is 10.1 Å². The Kier molecular flexibility index (Phi) is 4.89. The van der Waals surface area contributed by atoms with Gasteiger partial charge >= 0.3 is 12.6 Å². The van der Waals surface area contributed by atoms with E-state index in [0.717, 1.165) is 35.4 Å². The monoisotopic (exact) mass is 354 g/mol. The van der Waals surface area contributed by atoms with Crippen molar-refractivity contribution in [3.63, 3.8) is 0 Å². The number of nitrogens with one attached hydrogen (secondary N) is 2. The molecule has 2 N–H and O–H groups in total. The average Bonchev–Trinajstić information content (AvgIpc) is 2.91. The largest absolute Gasteiger partial charge is 0.435 e. The molecule has 1 atom stereocenters. The molecule has 0 fully saturated rings. The number of ether oxygens (including phenoxy) is 1. The lowest BCUT2D eigenvalue weighted by Gasteiger charge is -2.26. The first kappa shape index (κ1) is 16.6. The zero-order valence-electron chi connectivity index (χ0n) is 12.9. The highest BCUT2D eigenvalue weighted by Crippen LogP contribution is 2.32. The average molecular weight is 354 g/mol. The van der Waals surface area contributed by atoms with Gasteiger partial charge in [0.1, 0.15) is 10.8 Å². The fourth-order valence-corrected chi connectivity index (χ4v) is 3.34. The molecule has 128 valence electrons. The van der Waals surface area contributed by atoms with E-state index in [2.05, 4.69) is 25.6 Å². The molecule has 0 radical (unpaired) electrons. The SMILES string of the molecule is Cc1nnc(NC(=O)NC2CCCc3cc(OC(F)F)ccc32)s1. The summed E-state index contributed by atoms with van der Waals surface area (Å²) in [6, 6.07) is 4.30. The van der Waals surface area contributed by atoms with Crippen molar-refractivity contribution in [3.05, 3.63) is 34.3 Å². The van der Waals surface area contributed by atoms with Crippen LogP contribution in [-0.4, -0.2) is 22.8 Å². The number of aryl methyl sites for hydroxylation is 2. The van der Waals surface area contributed by atoms with E-state index in [1.54, 1.807) is 19.1 Å². The van der Waals surface area contributed by atoms with Gasteiger partial charge in [0.2, 0.25) is 5.13 Å². The van der Waals surface area contributed by atoms with Crippen LogP contribution in [0.2, 0.25) is 0 Å². The van der Waals surface area contributed by atoms with Crippen molar-refractivity contribution in [2.24, 2.45) is 0 Å². The summed E-state index contributed by atoms with van der Waals surface area (Å²) in [6.07, 6.45) is 2.41. The van der Waals surface area contributed by atoms with Crippen LogP contribution in [0, 0.1) is 6.92 Å². The predicted molar refractivity (Wildman–Crippen MR) is 85.6 cm³/mol. The van der Waals surface area contributed by atoms with E-state index >= 15 is 0 Å². The van der Waals surface area contributed by atoms with E-state index in [0.29, 0.717) is 5.13 Å². The van der Waals surface area contributed by atoms with Crippen LogP contribution < -0.4 is 15.4 Å². The third kappa shape index (κ3) is 3.97. The zero-order chi connectivity index (χ0) is 17.1. The molecular weight excluding hydrogens is 338 g/mol.